The fourth-order valence-electron chi connectivity index (χ4n) is 1.89. The fourth-order valence-corrected chi connectivity index (χ4v) is 1.89. The first-order valence-electron chi connectivity index (χ1n) is 5.29. The Balaban J connectivity index is 2.10. The number of ether oxygens (including phenoxy) is 1. The molecule has 1 saturated carbocycles. The Morgan fingerprint density at radius 1 is 1.38 bits per heavy atom. The molecular formula is C11H21NO. The molecule has 0 saturated heterocycles. The van der Waals surface area contributed by atoms with Gasteiger partial charge in [0.1, 0.15) is 0 Å². The normalized spacial score (nSPS) is 29.7. The minimum Gasteiger partial charge on any atom is -0.374 e. The van der Waals surface area contributed by atoms with Crippen molar-refractivity contribution in [3.63, 3.8) is 0 Å². The molecule has 0 aromatic carbocycles. The molecule has 0 amide bonds. The molecule has 2 nitrogen and oxygen atoms in total. The van der Waals surface area contributed by atoms with E-state index in [1.807, 2.05) is 12.2 Å². The van der Waals surface area contributed by atoms with Crippen molar-refractivity contribution in [1.82, 2.24) is 0 Å². The van der Waals surface area contributed by atoms with Crippen LogP contribution in [0.1, 0.15) is 32.6 Å². The third kappa shape index (κ3) is 4.44. The molecule has 76 valence electrons. The first kappa shape index (κ1) is 10.7. The highest BCUT2D eigenvalue weighted by Gasteiger charge is 2.18. The van der Waals surface area contributed by atoms with Crippen LogP contribution in [0.2, 0.25) is 0 Å². The molecule has 2 atom stereocenters. The van der Waals surface area contributed by atoms with Crippen molar-refractivity contribution in [2.45, 2.75) is 38.7 Å². The molecular weight excluding hydrogens is 162 g/mol. The van der Waals surface area contributed by atoms with Crippen LogP contribution >= 0.6 is 0 Å². The molecule has 0 bridgehead atoms. The lowest BCUT2D eigenvalue weighted by Crippen LogP contribution is -2.21. The molecule has 1 aliphatic carbocycles. The zero-order valence-corrected chi connectivity index (χ0v) is 8.54. The second-order valence-corrected chi connectivity index (χ2v) is 3.93. The maximum atomic E-state index is 5.71. The molecule has 1 fully saturated rings. The summed E-state index contributed by atoms with van der Waals surface area (Å²) in [4.78, 5) is 0. The van der Waals surface area contributed by atoms with E-state index in [4.69, 9.17) is 10.5 Å². The molecule has 0 heterocycles. The molecule has 0 spiro atoms. The van der Waals surface area contributed by atoms with Crippen molar-refractivity contribution < 1.29 is 4.74 Å². The van der Waals surface area contributed by atoms with Crippen LogP contribution in [0.25, 0.3) is 0 Å². The fraction of sp³-hybridized carbons (Fsp3) is 0.818. The third-order valence-electron chi connectivity index (χ3n) is 2.62. The summed E-state index contributed by atoms with van der Waals surface area (Å²) in [5, 5.41) is 0. The predicted molar refractivity (Wildman–Crippen MR) is 55.6 cm³/mol. The van der Waals surface area contributed by atoms with Crippen molar-refractivity contribution in [2.24, 2.45) is 11.7 Å². The van der Waals surface area contributed by atoms with Crippen molar-refractivity contribution >= 4 is 0 Å². The molecule has 0 aromatic rings. The van der Waals surface area contributed by atoms with Crippen LogP contribution in [0.15, 0.2) is 12.2 Å². The van der Waals surface area contributed by atoms with Gasteiger partial charge in [-0.15, -0.1) is 0 Å². The highest BCUT2D eigenvalue weighted by atomic mass is 16.5. The average molecular weight is 183 g/mol. The van der Waals surface area contributed by atoms with E-state index in [1.54, 1.807) is 0 Å². The van der Waals surface area contributed by atoms with Crippen LogP contribution in [0.4, 0.5) is 0 Å². The molecule has 0 aromatic heterocycles. The average Bonchev–Trinajstić information content (AvgIpc) is 2.13. The molecule has 13 heavy (non-hydrogen) atoms. The molecule has 2 heteroatoms. The van der Waals surface area contributed by atoms with Crippen molar-refractivity contribution in [2.75, 3.05) is 13.2 Å². The Morgan fingerprint density at radius 2 is 2.23 bits per heavy atom. The lowest BCUT2D eigenvalue weighted by Gasteiger charge is -2.26. The van der Waals surface area contributed by atoms with Gasteiger partial charge in [0.25, 0.3) is 0 Å². The summed E-state index contributed by atoms with van der Waals surface area (Å²) in [6.07, 6.45) is 9.62. The Labute approximate surface area is 81.1 Å². The smallest absolute Gasteiger partial charge is 0.0651 e. The van der Waals surface area contributed by atoms with E-state index in [9.17, 15) is 0 Å². The summed E-state index contributed by atoms with van der Waals surface area (Å²) in [6.45, 7) is 3.66. The molecule has 0 radical (unpaired) electrons. The van der Waals surface area contributed by atoms with Gasteiger partial charge in [-0.25, -0.2) is 0 Å². The summed E-state index contributed by atoms with van der Waals surface area (Å²) in [5.74, 6) is 0.845. The Morgan fingerprint density at radius 3 is 2.92 bits per heavy atom. The van der Waals surface area contributed by atoms with Crippen LogP contribution in [0, 0.1) is 5.92 Å². The molecule has 0 aliphatic heterocycles. The summed E-state index contributed by atoms with van der Waals surface area (Å²) in [5.41, 5.74) is 5.33. The van der Waals surface area contributed by atoms with Gasteiger partial charge in [-0.05, 0) is 18.8 Å². The van der Waals surface area contributed by atoms with Gasteiger partial charge in [0.15, 0.2) is 0 Å². The van der Waals surface area contributed by atoms with Crippen LogP contribution in [-0.2, 0) is 4.74 Å². The lowest BCUT2D eigenvalue weighted by molar-refractivity contribution is 0.0320. The van der Waals surface area contributed by atoms with E-state index >= 15 is 0 Å². The summed E-state index contributed by atoms with van der Waals surface area (Å²) >= 11 is 0. The number of hydrogen-bond acceptors (Lipinski definition) is 2. The van der Waals surface area contributed by atoms with Crippen molar-refractivity contribution in [3.8, 4) is 0 Å². The largest absolute Gasteiger partial charge is 0.374 e. The summed E-state index contributed by atoms with van der Waals surface area (Å²) < 4.78 is 5.71. The minimum atomic E-state index is 0.492. The molecule has 1 rings (SSSR count). The molecule has 1 aliphatic rings. The van der Waals surface area contributed by atoms with Gasteiger partial charge >= 0.3 is 0 Å². The maximum absolute atomic E-state index is 5.71. The minimum absolute atomic E-state index is 0.492. The van der Waals surface area contributed by atoms with E-state index in [1.165, 1.54) is 25.7 Å². The zero-order chi connectivity index (χ0) is 9.52. The zero-order valence-electron chi connectivity index (χ0n) is 8.54. The van der Waals surface area contributed by atoms with Gasteiger partial charge in [-0.1, -0.05) is 31.9 Å². The van der Waals surface area contributed by atoms with Gasteiger partial charge in [-0.3, -0.25) is 0 Å². The Kier molecular flexibility index (Phi) is 5.09. The first-order valence-corrected chi connectivity index (χ1v) is 5.29. The highest BCUT2D eigenvalue weighted by molar-refractivity contribution is 4.83. The van der Waals surface area contributed by atoms with Gasteiger partial charge in [-0.2, -0.15) is 0 Å². The SMILES string of the molecule is CC1CCCC(OCC=CCN)C1. The summed E-state index contributed by atoms with van der Waals surface area (Å²) in [7, 11) is 0. The number of rotatable bonds is 4. The first-order chi connectivity index (χ1) is 6.33. The van der Waals surface area contributed by atoms with E-state index in [0.717, 1.165) is 12.5 Å². The molecule has 2 unspecified atom stereocenters. The van der Waals surface area contributed by atoms with E-state index in [2.05, 4.69) is 6.92 Å². The van der Waals surface area contributed by atoms with Crippen LogP contribution in [-0.4, -0.2) is 19.3 Å². The Bertz CT molecular complexity index is 156. The second kappa shape index (κ2) is 6.17. The maximum Gasteiger partial charge on any atom is 0.0651 e. The standard InChI is InChI=1S/C11H21NO/c1-10-5-4-6-11(9-10)13-8-3-2-7-12/h2-3,10-11H,4-9,12H2,1H3. The second-order valence-electron chi connectivity index (χ2n) is 3.93. The molecule has 2 N–H and O–H groups in total. The van der Waals surface area contributed by atoms with Crippen molar-refractivity contribution in [3.05, 3.63) is 12.2 Å². The van der Waals surface area contributed by atoms with Crippen molar-refractivity contribution in [1.29, 1.82) is 0 Å². The number of nitrogens with two attached hydrogens (primary N) is 1. The van der Waals surface area contributed by atoms with Gasteiger partial charge < -0.3 is 10.5 Å². The lowest BCUT2D eigenvalue weighted by atomic mass is 9.89. The van der Waals surface area contributed by atoms with E-state index < -0.39 is 0 Å². The predicted octanol–water partition coefficient (Wildman–Crippen LogP) is 2.10. The summed E-state index contributed by atoms with van der Waals surface area (Å²) in [6, 6.07) is 0. The van der Waals surface area contributed by atoms with E-state index in [0.29, 0.717) is 12.6 Å². The monoisotopic (exact) mass is 183 g/mol. The van der Waals surface area contributed by atoms with Gasteiger partial charge in [0.05, 0.1) is 12.7 Å². The van der Waals surface area contributed by atoms with Crippen LogP contribution < -0.4 is 5.73 Å². The van der Waals surface area contributed by atoms with Crippen LogP contribution in [0.5, 0.6) is 0 Å². The Hall–Kier alpha value is -0.340. The van der Waals surface area contributed by atoms with Gasteiger partial charge in [0.2, 0.25) is 0 Å². The van der Waals surface area contributed by atoms with Crippen LogP contribution in [0.3, 0.4) is 0 Å². The quantitative estimate of drug-likeness (QED) is 0.677. The van der Waals surface area contributed by atoms with E-state index in [-0.39, 0.29) is 0 Å². The van der Waals surface area contributed by atoms with Gasteiger partial charge in [0, 0.05) is 6.54 Å². The third-order valence-corrected chi connectivity index (χ3v) is 2.62. The topological polar surface area (TPSA) is 35.2 Å². The highest BCUT2D eigenvalue weighted by Crippen LogP contribution is 2.25. The number of hydrogen-bond donors (Lipinski definition) is 1.